The third-order valence-electron chi connectivity index (χ3n) is 4.50. The van der Waals surface area contributed by atoms with Gasteiger partial charge < -0.3 is 28.5 Å². The number of nitrogens with zero attached hydrogens (tertiary/aromatic N) is 1. The Morgan fingerprint density at radius 1 is 0.818 bits per heavy atom. The maximum Gasteiger partial charge on any atom is 0.105 e. The second-order valence-electron chi connectivity index (χ2n) is 6.73. The quantitative estimate of drug-likeness (QED) is 0.430. The lowest BCUT2D eigenvalue weighted by atomic mass is 9.91. The molecule has 1 heterocycles. The van der Waals surface area contributed by atoms with E-state index in [1.165, 1.54) is 33.0 Å². The molecular weight excluding hydrogens is 381 g/mol. The Kier molecular flexibility index (Phi) is 4.00. The number of halogens is 1. The summed E-state index contributed by atoms with van der Waals surface area (Å²) in [6, 6.07) is 22.0. The normalized spacial score (nSPS) is 15.4. The van der Waals surface area contributed by atoms with Crippen molar-refractivity contribution in [1.82, 2.24) is 0 Å². The summed E-state index contributed by atoms with van der Waals surface area (Å²) in [5.74, 6) is 0. The van der Waals surface area contributed by atoms with Gasteiger partial charge in [0.1, 0.15) is 13.1 Å². The van der Waals surface area contributed by atoms with Crippen LogP contribution in [0, 0.1) is 0 Å². The van der Waals surface area contributed by atoms with Gasteiger partial charge in [0.15, 0.2) is 0 Å². The molecule has 0 aromatic heterocycles. The molecule has 0 saturated heterocycles. The first-order valence-electron chi connectivity index (χ1n) is 7.55. The minimum Gasteiger partial charge on any atom is -1.00 e. The molecule has 2 heteroatoms. The van der Waals surface area contributed by atoms with Crippen molar-refractivity contribution in [3.63, 3.8) is 0 Å². The van der Waals surface area contributed by atoms with E-state index in [4.69, 9.17) is 0 Å². The largest absolute Gasteiger partial charge is 1.00 e. The van der Waals surface area contributed by atoms with Gasteiger partial charge >= 0.3 is 0 Å². The summed E-state index contributed by atoms with van der Waals surface area (Å²) in [7, 11) is 4.64. The van der Waals surface area contributed by atoms with E-state index >= 15 is 0 Å². The Hall–Kier alpha value is -1.39. The van der Waals surface area contributed by atoms with E-state index in [9.17, 15) is 0 Å². The minimum absolute atomic E-state index is 0. The molecule has 3 aromatic rings. The van der Waals surface area contributed by atoms with Gasteiger partial charge in [-0.1, -0.05) is 54.6 Å². The van der Waals surface area contributed by atoms with Crippen molar-refractivity contribution in [2.45, 2.75) is 13.1 Å². The summed E-state index contributed by atoms with van der Waals surface area (Å²) in [6.45, 7) is 2.24. The molecule has 0 amide bonds. The van der Waals surface area contributed by atoms with Crippen molar-refractivity contribution < 1.29 is 28.5 Å². The topological polar surface area (TPSA) is 0 Å². The lowest BCUT2D eigenvalue weighted by Crippen LogP contribution is -3.00. The molecule has 4 rings (SSSR count). The monoisotopic (exact) mass is 401 g/mol. The molecule has 0 saturated carbocycles. The lowest BCUT2D eigenvalue weighted by molar-refractivity contribution is -0.909. The van der Waals surface area contributed by atoms with Gasteiger partial charge in [0.25, 0.3) is 0 Å². The predicted molar refractivity (Wildman–Crippen MR) is 88.9 cm³/mol. The molecule has 22 heavy (non-hydrogen) atoms. The zero-order valence-electron chi connectivity index (χ0n) is 13.0. The van der Waals surface area contributed by atoms with Crippen LogP contribution in [-0.4, -0.2) is 18.6 Å². The van der Waals surface area contributed by atoms with Crippen LogP contribution < -0.4 is 24.0 Å². The fourth-order valence-corrected chi connectivity index (χ4v) is 3.65. The summed E-state index contributed by atoms with van der Waals surface area (Å²) in [5, 5.41) is 2.74. The Morgan fingerprint density at radius 3 is 2.27 bits per heavy atom. The summed E-state index contributed by atoms with van der Waals surface area (Å²) >= 11 is 0. The van der Waals surface area contributed by atoms with E-state index in [-0.39, 0.29) is 24.0 Å². The first-order chi connectivity index (χ1) is 10.1. The van der Waals surface area contributed by atoms with Crippen LogP contribution in [0.3, 0.4) is 0 Å². The number of fused-ring (bicyclic) bond motifs is 2. The molecule has 0 radical (unpaired) electrons. The van der Waals surface area contributed by atoms with Crippen LogP contribution in [-0.2, 0) is 13.1 Å². The van der Waals surface area contributed by atoms with Crippen LogP contribution in [0.2, 0.25) is 0 Å². The summed E-state index contributed by atoms with van der Waals surface area (Å²) in [5.41, 5.74) is 5.82. The van der Waals surface area contributed by atoms with Gasteiger partial charge in [-0.3, -0.25) is 0 Å². The molecule has 1 nitrogen and oxygen atoms in total. The number of rotatable bonds is 1. The maximum atomic E-state index is 2.39. The van der Waals surface area contributed by atoms with Gasteiger partial charge in [-0.15, -0.1) is 0 Å². The molecule has 0 N–H and O–H groups in total. The van der Waals surface area contributed by atoms with E-state index in [0.29, 0.717) is 0 Å². The highest BCUT2D eigenvalue weighted by molar-refractivity contribution is 5.99. The van der Waals surface area contributed by atoms with Crippen molar-refractivity contribution in [2.75, 3.05) is 14.1 Å². The molecule has 0 atom stereocenters. The fraction of sp³-hybridized carbons (Fsp3) is 0.200. The average Bonchev–Trinajstić information content (AvgIpc) is 2.78. The zero-order valence-corrected chi connectivity index (χ0v) is 15.2. The Balaban J connectivity index is 0.00000144. The van der Waals surface area contributed by atoms with Crippen LogP contribution >= 0.6 is 0 Å². The minimum atomic E-state index is 0. The van der Waals surface area contributed by atoms with Crippen LogP contribution in [0.5, 0.6) is 0 Å². The Bertz CT molecular complexity index is 822. The third kappa shape index (κ3) is 2.55. The molecular formula is C20H20IN. The number of hydrogen-bond donors (Lipinski definition) is 0. The molecule has 0 aliphatic carbocycles. The third-order valence-corrected chi connectivity index (χ3v) is 4.50. The lowest BCUT2D eigenvalue weighted by Gasteiger charge is -2.22. The molecule has 1 aliphatic rings. The molecule has 0 bridgehead atoms. The van der Waals surface area contributed by atoms with Crippen LogP contribution in [0.25, 0.3) is 21.9 Å². The van der Waals surface area contributed by atoms with Gasteiger partial charge in [0.2, 0.25) is 0 Å². The van der Waals surface area contributed by atoms with Crippen LogP contribution in [0.15, 0.2) is 60.7 Å². The molecule has 0 unspecified atom stereocenters. The maximum absolute atomic E-state index is 2.39. The molecule has 0 fully saturated rings. The Morgan fingerprint density at radius 2 is 1.50 bits per heavy atom. The van der Waals surface area contributed by atoms with E-state index in [0.717, 1.165) is 17.6 Å². The van der Waals surface area contributed by atoms with Crippen molar-refractivity contribution in [3.8, 4) is 11.1 Å². The molecule has 112 valence electrons. The van der Waals surface area contributed by atoms with E-state index in [2.05, 4.69) is 74.8 Å². The van der Waals surface area contributed by atoms with Gasteiger partial charge in [-0.05, 0) is 28.0 Å². The average molecular weight is 401 g/mol. The second-order valence-corrected chi connectivity index (χ2v) is 6.73. The zero-order chi connectivity index (χ0) is 14.4. The second kappa shape index (κ2) is 5.67. The van der Waals surface area contributed by atoms with Crippen LogP contribution in [0.1, 0.15) is 11.1 Å². The molecule has 3 aromatic carbocycles. The van der Waals surface area contributed by atoms with Gasteiger partial charge in [0.05, 0.1) is 14.1 Å². The number of hydrogen-bond acceptors (Lipinski definition) is 0. The highest BCUT2D eigenvalue weighted by Gasteiger charge is 2.31. The van der Waals surface area contributed by atoms with Crippen molar-refractivity contribution in [1.29, 1.82) is 0 Å². The number of benzene rings is 3. The predicted octanol–water partition coefficient (Wildman–Crippen LogP) is 1.60. The summed E-state index contributed by atoms with van der Waals surface area (Å²) in [6.07, 6.45) is 0. The van der Waals surface area contributed by atoms with Gasteiger partial charge in [-0.25, -0.2) is 0 Å². The smallest absolute Gasteiger partial charge is 0.105 e. The van der Waals surface area contributed by atoms with Crippen LogP contribution in [0.4, 0.5) is 0 Å². The highest BCUT2D eigenvalue weighted by Crippen LogP contribution is 2.40. The summed E-state index contributed by atoms with van der Waals surface area (Å²) < 4.78 is 1.05. The first kappa shape index (κ1) is 15.5. The van der Waals surface area contributed by atoms with Crippen molar-refractivity contribution in [2.24, 2.45) is 0 Å². The SMILES string of the molecule is C[N+]1(C)Cc2cc3ccccc3c(-c3ccccc3)c2C1.[I-]. The van der Waals surface area contributed by atoms with E-state index in [1.54, 1.807) is 0 Å². The molecule has 0 spiro atoms. The van der Waals surface area contributed by atoms with Gasteiger partial charge in [0, 0.05) is 11.1 Å². The highest BCUT2D eigenvalue weighted by atomic mass is 127. The van der Waals surface area contributed by atoms with E-state index < -0.39 is 0 Å². The van der Waals surface area contributed by atoms with Crippen molar-refractivity contribution >= 4 is 10.8 Å². The Labute approximate surface area is 149 Å². The standard InChI is InChI=1S/C20H20N.HI/c1-21(2)13-17-12-16-10-6-7-11-18(16)20(19(17)14-21)15-8-4-3-5-9-15;/h3-12H,13-14H2,1-2H3;1H/q+1;/p-1. The fourth-order valence-electron chi connectivity index (χ4n) is 3.65. The molecule has 1 aliphatic heterocycles. The summed E-state index contributed by atoms with van der Waals surface area (Å²) in [4.78, 5) is 0. The van der Waals surface area contributed by atoms with E-state index in [1.807, 2.05) is 0 Å². The van der Waals surface area contributed by atoms with Gasteiger partial charge in [-0.2, -0.15) is 0 Å². The first-order valence-corrected chi connectivity index (χ1v) is 7.55. The van der Waals surface area contributed by atoms with Crippen molar-refractivity contribution in [3.05, 3.63) is 71.8 Å². The number of quaternary nitrogens is 1.